The molecule has 1 fully saturated rings. The average Bonchev–Trinajstić information content (AvgIpc) is 2.53. The fourth-order valence-corrected chi connectivity index (χ4v) is 4.24. The standard InChI is InChI=1S/C18H30N2O2S/c1-16(2)15-20-11-8-18(9-12-20)14-19-23(21,22)13-10-17-6-4-3-5-7-17/h3-7,16,18-19H,8-15H2,1-2H3. The molecule has 0 bridgehead atoms. The minimum Gasteiger partial charge on any atom is -0.303 e. The van der Waals surface area contributed by atoms with Crippen LogP contribution < -0.4 is 4.72 Å². The molecule has 1 N–H and O–H groups in total. The summed E-state index contributed by atoms with van der Waals surface area (Å²) in [6, 6.07) is 9.78. The molecule has 1 saturated heterocycles. The Bertz CT molecular complexity index is 550. The smallest absolute Gasteiger partial charge is 0.211 e. The zero-order chi connectivity index (χ0) is 16.7. The Balaban J connectivity index is 1.69. The number of benzene rings is 1. The maximum absolute atomic E-state index is 12.1. The summed E-state index contributed by atoms with van der Waals surface area (Å²) in [6.07, 6.45) is 2.75. The van der Waals surface area contributed by atoms with Crippen molar-refractivity contribution in [1.29, 1.82) is 0 Å². The van der Waals surface area contributed by atoms with Crippen molar-refractivity contribution in [3.8, 4) is 0 Å². The molecule has 0 aliphatic carbocycles. The van der Waals surface area contributed by atoms with E-state index in [-0.39, 0.29) is 5.75 Å². The molecule has 1 aromatic carbocycles. The first-order valence-electron chi connectivity index (χ1n) is 8.68. The van der Waals surface area contributed by atoms with E-state index in [9.17, 15) is 8.42 Å². The summed E-state index contributed by atoms with van der Waals surface area (Å²) >= 11 is 0. The second-order valence-electron chi connectivity index (χ2n) is 7.04. The molecule has 130 valence electrons. The molecular formula is C18H30N2O2S. The number of hydrogen-bond donors (Lipinski definition) is 1. The number of rotatable bonds is 8. The maximum atomic E-state index is 12.1. The Morgan fingerprint density at radius 2 is 1.83 bits per heavy atom. The Kier molecular flexibility index (Phi) is 7.06. The van der Waals surface area contributed by atoms with E-state index in [1.807, 2.05) is 30.3 Å². The molecule has 0 radical (unpaired) electrons. The summed E-state index contributed by atoms with van der Waals surface area (Å²) in [4.78, 5) is 2.49. The van der Waals surface area contributed by atoms with Crippen LogP contribution in [0, 0.1) is 11.8 Å². The van der Waals surface area contributed by atoms with Gasteiger partial charge >= 0.3 is 0 Å². The minimum atomic E-state index is -3.18. The third-order valence-electron chi connectivity index (χ3n) is 4.42. The second kappa shape index (κ2) is 8.81. The molecule has 1 aromatic rings. The monoisotopic (exact) mass is 338 g/mol. The van der Waals surface area contributed by atoms with E-state index < -0.39 is 10.0 Å². The SMILES string of the molecule is CC(C)CN1CCC(CNS(=O)(=O)CCc2ccccc2)CC1. The van der Waals surface area contributed by atoms with Crippen molar-refractivity contribution in [3.05, 3.63) is 35.9 Å². The van der Waals surface area contributed by atoms with E-state index in [2.05, 4.69) is 23.5 Å². The predicted molar refractivity (Wildman–Crippen MR) is 95.9 cm³/mol. The lowest BCUT2D eigenvalue weighted by Gasteiger charge is -2.33. The van der Waals surface area contributed by atoms with Crippen molar-refractivity contribution in [1.82, 2.24) is 9.62 Å². The largest absolute Gasteiger partial charge is 0.303 e. The first-order valence-corrected chi connectivity index (χ1v) is 10.3. The van der Waals surface area contributed by atoms with Gasteiger partial charge in [-0.2, -0.15) is 0 Å². The third-order valence-corrected chi connectivity index (χ3v) is 5.77. The molecule has 2 rings (SSSR count). The zero-order valence-electron chi connectivity index (χ0n) is 14.4. The van der Waals surface area contributed by atoms with Crippen molar-refractivity contribution in [2.75, 3.05) is 31.9 Å². The molecule has 23 heavy (non-hydrogen) atoms. The molecule has 1 aliphatic rings. The highest BCUT2D eigenvalue weighted by Crippen LogP contribution is 2.17. The van der Waals surface area contributed by atoms with Crippen LogP contribution in [0.5, 0.6) is 0 Å². The van der Waals surface area contributed by atoms with Gasteiger partial charge < -0.3 is 4.90 Å². The van der Waals surface area contributed by atoms with E-state index in [4.69, 9.17) is 0 Å². The molecule has 5 heteroatoms. The number of piperidine rings is 1. The quantitative estimate of drug-likeness (QED) is 0.792. The van der Waals surface area contributed by atoms with Crippen molar-refractivity contribution in [2.45, 2.75) is 33.1 Å². The second-order valence-corrected chi connectivity index (χ2v) is 8.97. The van der Waals surface area contributed by atoms with Crippen LogP contribution in [0.3, 0.4) is 0 Å². The fourth-order valence-electron chi connectivity index (χ4n) is 3.10. The van der Waals surface area contributed by atoms with E-state index >= 15 is 0 Å². The van der Waals surface area contributed by atoms with Crippen LogP contribution in [0.1, 0.15) is 32.3 Å². The molecule has 0 amide bonds. The van der Waals surface area contributed by atoms with Crippen LogP contribution in [-0.2, 0) is 16.4 Å². The highest BCUT2D eigenvalue weighted by atomic mass is 32.2. The Hall–Kier alpha value is -0.910. The molecule has 0 spiro atoms. The first-order chi connectivity index (χ1) is 10.9. The van der Waals surface area contributed by atoms with Gasteiger partial charge in [0.1, 0.15) is 0 Å². The molecule has 0 atom stereocenters. The lowest BCUT2D eigenvalue weighted by atomic mass is 9.96. The highest BCUT2D eigenvalue weighted by Gasteiger charge is 2.21. The lowest BCUT2D eigenvalue weighted by Crippen LogP contribution is -2.40. The summed E-state index contributed by atoms with van der Waals surface area (Å²) in [7, 11) is -3.18. The third kappa shape index (κ3) is 7.02. The van der Waals surface area contributed by atoms with Gasteiger partial charge in [-0.3, -0.25) is 0 Å². The van der Waals surface area contributed by atoms with Crippen LogP contribution in [0.2, 0.25) is 0 Å². The van der Waals surface area contributed by atoms with Gasteiger partial charge in [0, 0.05) is 13.1 Å². The van der Waals surface area contributed by atoms with Crippen LogP contribution >= 0.6 is 0 Å². The van der Waals surface area contributed by atoms with Gasteiger partial charge in [0.2, 0.25) is 10.0 Å². The Morgan fingerprint density at radius 3 is 2.43 bits per heavy atom. The molecular weight excluding hydrogens is 308 g/mol. The minimum absolute atomic E-state index is 0.170. The van der Waals surface area contributed by atoms with Crippen molar-refractivity contribution >= 4 is 10.0 Å². The number of sulfonamides is 1. The van der Waals surface area contributed by atoms with Gasteiger partial charge in [-0.25, -0.2) is 13.1 Å². The van der Waals surface area contributed by atoms with Gasteiger partial charge in [-0.1, -0.05) is 44.2 Å². The topological polar surface area (TPSA) is 49.4 Å². The lowest BCUT2D eigenvalue weighted by molar-refractivity contribution is 0.169. The van der Waals surface area contributed by atoms with Crippen LogP contribution in [0.25, 0.3) is 0 Å². The summed E-state index contributed by atoms with van der Waals surface area (Å²) in [5.74, 6) is 1.34. The molecule has 1 aliphatic heterocycles. The summed E-state index contributed by atoms with van der Waals surface area (Å²) in [5.41, 5.74) is 1.07. The first kappa shape index (κ1) is 18.4. The van der Waals surface area contributed by atoms with E-state index in [1.165, 1.54) is 0 Å². The fraction of sp³-hybridized carbons (Fsp3) is 0.667. The molecule has 1 heterocycles. The summed E-state index contributed by atoms with van der Waals surface area (Å²) in [6.45, 7) is 8.41. The van der Waals surface area contributed by atoms with E-state index in [0.29, 0.717) is 24.8 Å². The van der Waals surface area contributed by atoms with E-state index in [0.717, 1.165) is 38.0 Å². The number of likely N-dealkylation sites (tertiary alicyclic amines) is 1. The summed E-state index contributed by atoms with van der Waals surface area (Å²) < 4.78 is 27.1. The van der Waals surface area contributed by atoms with Crippen molar-refractivity contribution in [2.24, 2.45) is 11.8 Å². The zero-order valence-corrected chi connectivity index (χ0v) is 15.2. The van der Waals surface area contributed by atoms with Crippen LogP contribution in [0.4, 0.5) is 0 Å². The number of hydrogen-bond acceptors (Lipinski definition) is 3. The Morgan fingerprint density at radius 1 is 1.17 bits per heavy atom. The number of aryl methyl sites for hydroxylation is 1. The van der Waals surface area contributed by atoms with E-state index in [1.54, 1.807) is 0 Å². The molecule has 0 saturated carbocycles. The number of nitrogens with one attached hydrogen (secondary N) is 1. The average molecular weight is 339 g/mol. The predicted octanol–water partition coefficient (Wildman–Crippen LogP) is 2.52. The van der Waals surface area contributed by atoms with Crippen molar-refractivity contribution < 1.29 is 8.42 Å². The van der Waals surface area contributed by atoms with Crippen molar-refractivity contribution in [3.63, 3.8) is 0 Å². The maximum Gasteiger partial charge on any atom is 0.211 e. The Labute approximate surface area is 141 Å². The summed E-state index contributed by atoms with van der Waals surface area (Å²) in [5, 5.41) is 0. The molecule has 0 aromatic heterocycles. The normalized spacial score (nSPS) is 17.7. The van der Waals surface area contributed by atoms with Gasteiger partial charge in [0.25, 0.3) is 0 Å². The van der Waals surface area contributed by atoms with Crippen LogP contribution in [-0.4, -0.2) is 45.2 Å². The van der Waals surface area contributed by atoms with Crippen LogP contribution in [0.15, 0.2) is 30.3 Å². The highest BCUT2D eigenvalue weighted by molar-refractivity contribution is 7.89. The van der Waals surface area contributed by atoms with Gasteiger partial charge in [-0.15, -0.1) is 0 Å². The molecule has 4 nitrogen and oxygen atoms in total. The van der Waals surface area contributed by atoms with Gasteiger partial charge in [0.15, 0.2) is 0 Å². The molecule has 0 unspecified atom stereocenters. The van der Waals surface area contributed by atoms with Gasteiger partial charge in [-0.05, 0) is 49.8 Å². The van der Waals surface area contributed by atoms with Gasteiger partial charge in [0.05, 0.1) is 5.75 Å². The number of nitrogens with zero attached hydrogens (tertiary/aromatic N) is 1.